The van der Waals surface area contributed by atoms with E-state index in [2.05, 4.69) is 34.4 Å². The van der Waals surface area contributed by atoms with Crippen molar-refractivity contribution in [3.05, 3.63) is 23.3 Å². The smallest absolute Gasteiger partial charge is 0.270 e. The monoisotopic (exact) mass is 292 g/mol. The van der Waals surface area contributed by atoms with E-state index in [1.54, 1.807) is 13.0 Å². The zero-order valence-corrected chi connectivity index (χ0v) is 12.9. The molecule has 116 valence electrons. The van der Waals surface area contributed by atoms with Gasteiger partial charge in [0.1, 0.15) is 11.5 Å². The highest BCUT2D eigenvalue weighted by Crippen LogP contribution is 2.13. The largest absolute Gasteiger partial charge is 0.387 e. The van der Waals surface area contributed by atoms with E-state index in [1.165, 1.54) is 0 Å². The summed E-state index contributed by atoms with van der Waals surface area (Å²) in [6.45, 7) is 7.53. The van der Waals surface area contributed by atoms with E-state index in [-0.39, 0.29) is 12.5 Å². The van der Waals surface area contributed by atoms with Crippen molar-refractivity contribution in [3.63, 3.8) is 0 Å². The summed E-state index contributed by atoms with van der Waals surface area (Å²) in [5.74, 6) is 0.811. The normalized spacial score (nSPS) is 21.8. The van der Waals surface area contributed by atoms with Crippen molar-refractivity contribution in [3.8, 4) is 0 Å². The zero-order valence-electron chi connectivity index (χ0n) is 12.9. The predicted molar refractivity (Wildman–Crippen MR) is 80.1 cm³/mol. The van der Waals surface area contributed by atoms with Crippen LogP contribution in [0, 0.1) is 12.8 Å². The fourth-order valence-electron chi connectivity index (χ4n) is 2.49. The minimum Gasteiger partial charge on any atom is -0.387 e. The van der Waals surface area contributed by atoms with Gasteiger partial charge in [-0.1, -0.05) is 13.8 Å². The molecule has 1 aliphatic heterocycles. The molecule has 1 aromatic rings. The SMILES string of the molecule is Cc1nc(CC(C)C)cc(C(=O)NCC2(O)CCNC2)n1. The Morgan fingerprint density at radius 3 is 2.90 bits per heavy atom. The summed E-state index contributed by atoms with van der Waals surface area (Å²) in [5, 5.41) is 16.1. The summed E-state index contributed by atoms with van der Waals surface area (Å²) >= 11 is 0. The van der Waals surface area contributed by atoms with E-state index in [1.807, 2.05) is 0 Å². The molecule has 1 unspecified atom stereocenters. The molecule has 0 aliphatic carbocycles. The fraction of sp³-hybridized carbons (Fsp3) is 0.667. The number of β-amino-alcohol motifs (C(OH)–C–C–N with tert-alkyl or cyclic N) is 1. The highest BCUT2D eigenvalue weighted by atomic mass is 16.3. The van der Waals surface area contributed by atoms with Gasteiger partial charge < -0.3 is 15.7 Å². The molecule has 0 radical (unpaired) electrons. The lowest BCUT2D eigenvalue weighted by molar-refractivity contribution is 0.0560. The molecular weight excluding hydrogens is 268 g/mol. The van der Waals surface area contributed by atoms with Crippen LogP contribution in [0.25, 0.3) is 0 Å². The minimum atomic E-state index is -0.849. The zero-order chi connectivity index (χ0) is 15.5. The number of nitrogens with zero attached hydrogens (tertiary/aromatic N) is 2. The van der Waals surface area contributed by atoms with Gasteiger partial charge in [-0.25, -0.2) is 9.97 Å². The summed E-state index contributed by atoms with van der Waals surface area (Å²) in [6, 6.07) is 1.74. The number of carbonyl (C=O) groups is 1. The van der Waals surface area contributed by atoms with Crippen molar-refractivity contribution in [2.75, 3.05) is 19.6 Å². The second-order valence-electron chi connectivity index (χ2n) is 6.22. The molecule has 1 amide bonds. The van der Waals surface area contributed by atoms with E-state index in [9.17, 15) is 9.90 Å². The molecule has 0 bridgehead atoms. The second kappa shape index (κ2) is 6.49. The van der Waals surface area contributed by atoms with Crippen LogP contribution in [0.5, 0.6) is 0 Å². The molecule has 1 atom stereocenters. The second-order valence-corrected chi connectivity index (χ2v) is 6.22. The Balaban J connectivity index is 2.02. The first-order valence-electron chi connectivity index (χ1n) is 7.44. The Morgan fingerprint density at radius 2 is 2.29 bits per heavy atom. The van der Waals surface area contributed by atoms with Gasteiger partial charge in [-0.2, -0.15) is 0 Å². The van der Waals surface area contributed by atoms with Crippen molar-refractivity contribution < 1.29 is 9.90 Å². The molecule has 0 aromatic carbocycles. The fourth-order valence-corrected chi connectivity index (χ4v) is 2.49. The Hall–Kier alpha value is -1.53. The summed E-state index contributed by atoms with van der Waals surface area (Å²) in [7, 11) is 0. The molecular formula is C15H24N4O2. The average molecular weight is 292 g/mol. The molecule has 1 aromatic heterocycles. The van der Waals surface area contributed by atoms with E-state index in [4.69, 9.17) is 0 Å². The van der Waals surface area contributed by atoms with Crippen LogP contribution in [0.2, 0.25) is 0 Å². The molecule has 1 saturated heterocycles. The molecule has 1 aliphatic rings. The van der Waals surface area contributed by atoms with Crippen LogP contribution in [0.1, 0.15) is 42.3 Å². The van der Waals surface area contributed by atoms with Crippen LogP contribution in [-0.4, -0.2) is 46.2 Å². The maximum absolute atomic E-state index is 12.2. The number of aryl methyl sites for hydroxylation is 1. The van der Waals surface area contributed by atoms with Gasteiger partial charge in [-0.15, -0.1) is 0 Å². The molecule has 2 rings (SSSR count). The summed E-state index contributed by atoms with van der Waals surface area (Å²) in [4.78, 5) is 20.7. The van der Waals surface area contributed by atoms with Gasteiger partial charge in [0.2, 0.25) is 0 Å². The van der Waals surface area contributed by atoms with Gasteiger partial charge in [-0.3, -0.25) is 4.79 Å². The van der Waals surface area contributed by atoms with Gasteiger partial charge in [0.25, 0.3) is 5.91 Å². The number of amides is 1. The highest BCUT2D eigenvalue weighted by Gasteiger charge is 2.31. The van der Waals surface area contributed by atoms with E-state index >= 15 is 0 Å². The molecule has 0 saturated carbocycles. The molecule has 2 heterocycles. The number of nitrogens with one attached hydrogen (secondary N) is 2. The summed E-state index contributed by atoms with van der Waals surface area (Å²) < 4.78 is 0. The molecule has 3 N–H and O–H groups in total. The standard InChI is InChI=1S/C15H24N4O2/c1-10(2)6-12-7-13(19-11(3)18-12)14(20)17-9-15(21)4-5-16-8-15/h7,10,16,21H,4-6,8-9H2,1-3H3,(H,17,20). The van der Waals surface area contributed by atoms with Crippen molar-refractivity contribution >= 4 is 5.91 Å². The lowest BCUT2D eigenvalue weighted by atomic mass is 10.0. The third kappa shape index (κ3) is 4.47. The minimum absolute atomic E-state index is 0.237. The van der Waals surface area contributed by atoms with Gasteiger partial charge in [0.15, 0.2) is 0 Å². The Morgan fingerprint density at radius 1 is 1.52 bits per heavy atom. The first kappa shape index (κ1) is 15.9. The van der Waals surface area contributed by atoms with Crippen molar-refractivity contribution in [2.45, 2.75) is 39.2 Å². The Bertz CT molecular complexity index is 510. The van der Waals surface area contributed by atoms with Gasteiger partial charge in [0.05, 0.1) is 5.60 Å². The lowest BCUT2D eigenvalue weighted by Gasteiger charge is -2.21. The van der Waals surface area contributed by atoms with Crippen molar-refractivity contribution in [1.82, 2.24) is 20.6 Å². The van der Waals surface area contributed by atoms with Crippen LogP contribution in [0.15, 0.2) is 6.07 Å². The van der Waals surface area contributed by atoms with Crippen LogP contribution < -0.4 is 10.6 Å². The molecule has 6 nitrogen and oxygen atoms in total. The average Bonchev–Trinajstić information content (AvgIpc) is 2.82. The Labute approximate surface area is 125 Å². The summed E-state index contributed by atoms with van der Waals surface area (Å²) in [6.07, 6.45) is 1.46. The number of aliphatic hydroxyl groups is 1. The van der Waals surface area contributed by atoms with E-state index in [0.717, 1.165) is 18.7 Å². The van der Waals surface area contributed by atoms with Crippen molar-refractivity contribution in [2.24, 2.45) is 5.92 Å². The lowest BCUT2D eigenvalue weighted by Crippen LogP contribution is -2.44. The maximum Gasteiger partial charge on any atom is 0.270 e. The first-order chi connectivity index (χ1) is 9.88. The van der Waals surface area contributed by atoms with Crippen LogP contribution in [0.4, 0.5) is 0 Å². The molecule has 21 heavy (non-hydrogen) atoms. The first-order valence-corrected chi connectivity index (χ1v) is 7.44. The number of hydrogen-bond acceptors (Lipinski definition) is 5. The maximum atomic E-state index is 12.2. The molecule has 1 fully saturated rings. The third-order valence-corrected chi connectivity index (χ3v) is 3.54. The van der Waals surface area contributed by atoms with Gasteiger partial charge in [0, 0.05) is 18.8 Å². The number of aromatic nitrogens is 2. The molecule has 6 heteroatoms. The Kier molecular flexibility index (Phi) is 4.90. The number of rotatable bonds is 5. The number of carbonyl (C=O) groups excluding carboxylic acids is 1. The van der Waals surface area contributed by atoms with Gasteiger partial charge >= 0.3 is 0 Å². The molecule has 0 spiro atoms. The van der Waals surface area contributed by atoms with Crippen LogP contribution in [-0.2, 0) is 6.42 Å². The van der Waals surface area contributed by atoms with Crippen LogP contribution >= 0.6 is 0 Å². The quantitative estimate of drug-likeness (QED) is 0.733. The third-order valence-electron chi connectivity index (χ3n) is 3.54. The van der Waals surface area contributed by atoms with Crippen LogP contribution in [0.3, 0.4) is 0 Å². The predicted octanol–water partition coefficient (Wildman–Crippen LogP) is 0.438. The van der Waals surface area contributed by atoms with E-state index in [0.29, 0.717) is 30.4 Å². The van der Waals surface area contributed by atoms with Gasteiger partial charge in [-0.05, 0) is 38.3 Å². The van der Waals surface area contributed by atoms with E-state index < -0.39 is 5.60 Å². The summed E-state index contributed by atoms with van der Waals surface area (Å²) in [5.41, 5.74) is 0.398. The number of hydrogen-bond donors (Lipinski definition) is 3. The highest BCUT2D eigenvalue weighted by molar-refractivity contribution is 5.92. The topological polar surface area (TPSA) is 87.1 Å². The van der Waals surface area contributed by atoms with Crippen molar-refractivity contribution in [1.29, 1.82) is 0 Å².